The number of rotatable bonds is 11. The number of fused-ring (bicyclic) bond motifs is 3. The molecular formula is C24H30F2O13S. The van der Waals surface area contributed by atoms with Gasteiger partial charge in [-0.3, -0.25) is 14.1 Å². The van der Waals surface area contributed by atoms with Gasteiger partial charge in [0.2, 0.25) is 0 Å². The molecule has 5 rings (SSSR count). The third-order valence-corrected chi connectivity index (χ3v) is 9.85. The van der Waals surface area contributed by atoms with Crippen LogP contribution in [-0.2, 0) is 57.7 Å². The summed E-state index contributed by atoms with van der Waals surface area (Å²) in [7, 11) is -5.84. The van der Waals surface area contributed by atoms with E-state index in [1.807, 2.05) is 6.92 Å². The summed E-state index contributed by atoms with van der Waals surface area (Å²) in [4.78, 5) is 50.2. The molecule has 224 valence electrons. The fourth-order valence-corrected chi connectivity index (χ4v) is 7.41. The Balaban J connectivity index is 1.16. The van der Waals surface area contributed by atoms with E-state index in [2.05, 4.69) is 4.74 Å². The lowest BCUT2D eigenvalue weighted by molar-refractivity contribution is -0.180. The maximum Gasteiger partial charge on any atom is 0.405 e. The SMILES string of the molecule is CCC1(OC(=O)C2C3OC4C(OC(=O)C42)C3OC(=O)COCC(=O)OC(C)C(F)(F)S(=O)(=O)O)CC2CCC1C2. The van der Waals surface area contributed by atoms with Crippen molar-refractivity contribution < 1.29 is 69.4 Å². The minimum Gasteiger partial charge on any atom is -0.458 e. The van der Waals surface area contributed by atoms with Gasteiger partial charge in [-0.05, 0) is 50.9 Å². The van der Waals surface area contributed by atoms with Crippen LogP contribution in [0.1, 0.15) is 46.0 Å². The molecule has 0 amide bonds. The van der Waals surface area contributed by atoms with Crippen LogP contribution in [0.3, 0.4) is 0 Å². The van der Waals surface area contributed by atoms with Crippen molar-refractivity contribution in [1.29, 1.82) is 0 Å². The smallest absolute Gasteiger partial charge is 0.405 e. The van der Waals surface area contributed by atoms with Gasteiger partial charge in [-0.15, -0.1) is 0 Å². The van der Waals surface area contributed by atoms with Gasteiger partial charge in [0, 0.05) is 0 Å². The van der Waals surface area contributed by atoms with Gasteiger partial charge in [0.1, 0.15) is 42.9 Å². The fraction of sp³-hybridized carbons (Fsp3) is 0.833. The zero-order chi connectivity index (χ0) is 29.2. The molecule has 1 N–H and O–H groups in total. The molecule has 5 aliphatic rings. The van der Waals surface area contributed by atoms with E-state index in [-0.39, 0.29) is 5.92 Å². The topological polar surface area (TPSA) is 178 Å². The van der Waals surface area contributed by atoms with Crippen molar-refractivity contribution >= 4 is 34.0 Å². The molecule has 0 aromatic carbocycles. The molecular weight excluding hydrogens is 566 g/mol. The summed E-state index contributed by atoms with van der Waals surface area (Å²) >= 11 is 0. The second-order valence-corrected chi connectivity index (χ2v) is 12.5. The first-order valence-electron chi connectivity index (χ1n) is 13.1. The number of alkyl halides is 2. The predicted octanol–water partition coefficient (Wildman–Crippen LogP) is 0.778. The summed E-state index contributed by atoms with van der Waals surface area (Å²) in [6, 6.07) is 0. The molecule has 4 bridgehead atoms. The van der Waals surface area contributed by atoms with Crippen LogP contribution in [0, 0.1) is 23.7 Å². The van der Waals surface area contributed by atoms with E-state index < -0.39 is 100 Å². The predicted molar refractivity (Wildman–Crippen MR) is 123 cm³/mol. The highest BCUT2D eigenvalue weighted by molar-refractivity contribution is 7.86. The summed E-state index contributed by atoms with van der Waals surface area (Å²) in [5.74, 6) is -4.86. The van der Waals surface area contributed by atoms with Crippen molar-refractivity contribution in [3.05, 3.63) is 0 Å². The summed E-state index contributed by atoms with van der Waals surface area (Å²) in [5, 5.41) is -4.76. The minimum absolute atomic E-state index is 0.258. The number of ether oxygens (including phenoxy) is 6. The largest absolute Gasteiger partial charge is 0.458 e. The van der Waals surface area contributed by atoms with E-state index in [0.717, 1.165) is 25.7 Å². The zero-order valence-corrected chi connectivity index (χ0v) is 22.5. The number of hydrogen-bond acceptors (Lipinski definition) is 12. The molecule has 3 heterocycles. The Hall–Kier alpha value is -2.43. The van der Waals surface area contributed by atoms with E-state index in [1.165, 1.54) is 0 Å². The highest BCUT2D eigenvalue weighted by atomic mass is 32.2. The Labute approximate surface area is 227 Å². The first-order chi connectivity index (χ1) is 18.7. The van der Waals surface area contributed by atoms with Crippen LogP contribution < -0.4 is 0 Å². The number of halogens is 2. The monoisotopic (exact) mass is 596 g/mol. The molecule has 10 unspecified atom stereocenters. The standard InChI is InChI=1S/C24H30F2O13S/c1-3-23(7-11-4-5-12(23)6-11)39-22(30)16-15-17-20(38-21(15)29)19(18(16)37-17)36-14(28)9-34-8-13(27)35-10(2)24(25,26)40(31,32)33/h10-12,15-20H,3-9H2,1-2H3,(H,31,32,33). The number of carbonyl (C=O) groups is 4. The quantitative estimate of drug-likeness (QED) is 0.201. The molecule has 0 radical (unpaired) electrons. The third-order valence-electron chi connectivity index (χ3n) is 8.83. The Morgan fingerprint density at radius 1 is 1.15 bits per heavy atom. The van der Waals surface area contributed by atoms with Crippen molar-refractivity contribution in [3.63, 3.8) is 0 Å². The van der Waals surface area contributed by atoms with Crippen molar-refractivity contribution in [2.75, 3.05) is 13.2 Å². The van der Waals surface area contributed by atoms with Crippen LogP contribution in [0.15, 0.2) is 0 Å². The molecule has 0 aromatic heterocycles. The van der Waals surface area contributed by atoms with Gasteiger partial charge in [-0.25, -0.2) is 9.59 Å². The lowest BCUT2D eigenvalue weighted by Crippen LogP contribution is -2.50. The van der Waals surface area contributed by atoms with E-state index in [1.54, 1.807) is 0 Å². The molecule has 5 fully saturated rings. The van der Waals surface area contributed by atoms with Crippen LogP contribution >= 0.6 is 0 Å². The Morgan fingerprint density at radius 2 is 1.85 bits per heavy atom. The summed E-state index contributed by atoms with van der Waals surface area (Å²) in [5.41, 5.74) is -0.596. The van der Waals surface area contributed by atoms with Gasteiger partial charge >= 0.3 is 39.2 Å². The molecule has 40 heavy (non-hydrogen) atoms. The van der Waals surface area contributed by atoms with E-state index in [0.29, 0.717) is 19.3 Å². The van der Waals surface area contributed by atoms with Gasteiger partial charge in [0.05, 0.1) is 0 Å². The van der Waals surface area contributed by atoms with Gasteiger partial charge < -0.3 is 28.4 Å². The molecule has 10 atom stereocenters. The van der Waals surface area contributed by atoms with Crippen molar-refractivity contribution in [2.45, 2.75) is 87.3 Å². The lowest BCUT2D eigenvalue weighted by atomic mass is 9.77. The first-order valence-corrected chi connectivity index (χ1v) is 14.5. The van der Waals surface area contributed by atoms with Crippen molar-refractivity contribution in [3.8, 4) is 0 Å². The molecule has 2 aliphatic carbocycles. The normalized spacial score (nSPS) is 38.3. The summed E-state index contributed by atoms with van der Waals surface area (Å²) < 4.78 is 88.8. The molecule has 2 saturated carbocycles. The second kappa shape index (κ2) is 10.1. The average molecular weight is 597 g/mol. The second-order valence-electron chi connectivity index (χ2n) is 11.1. The van der Waals surface area contributed by atoms with Crippen LogP contribution in [-0.4, -0.2) is 91.4 Å². The Kier molecular flexibility index (Phi) is 7.37. The van der Waals surface area contributed by atoms with E-state index >= 15 is 0 Å². The van der Waals surface area contributed by atoms with Crippen molar-refractivity contribution in [1.82, 2.24) is 0 Å². The molecule has 0 aromatic rings. The Bertz CT molecular complexity index is 1190. The average Bonchev–Trinajstić information content (AvgIpc) is 3.66. The first kappa shape index (κ1) is 29.1. The van der Waals surface area contributed by atoms with Crippen LogP contribution in [0.2, 0.25) is 0 Å². The van der Waals surface area contributed by atoms with Gasteiger partial charge in [-0.1, -0.05) is 6.92 Å². The number of esters is 4. The number of hydrogen-bond donors (Lipinski definition) is 1. The molecule has 13 nitrogen and oxygen atoms in total. The highest BCUT2D eigenvalue weighted by Gasteiger charge is 2.72. The maximum atomic E-state index is 13.5. The fourth-order valence-electron chi connectivity index (χ4n) is 6.94. The minimum atomic E-state index is -5.84. The van der Waals surface area contributed by atoms with Gasteiger partial charge in [-0.2, -0.15) is 17.2 Å². The van der Waals surface area contributed by atoms with Crippen LogP contribution in [0.5, 0.6) is 0 Å². The Morgan fingerprint density at radius 3 is 2.45 bits per heavy atom. The van der Waals surface area contributed by atoms with Crippen molar-refractivity contribution in [2.24, 2.45) is 23.7 Å². The molecule has 3 aliphatic heterocycles. The molecule has 3 saturated heterocycles. The van der Waals surface area contributed by atoms with Gasteiger partial charge in [0.15, 0.2) is 18.3 Å². The molecule has 16 heteroatoms. The summed E-state index contributed by atoms with van der Waals surface area (Å²) in [6.45, 7) is 0.636. The summed E-state index contributed by atoms with van der Waals surface area (Å²) in [6.07, 6.45) is -1.93. The van der Waals surface area contributed by atoms with Crippen LogP contribution in [0.25, 0.3) is 0 Å². The molecule has 0 spiro atoms. The van der Waals surface area contributed by atoms with Gasteiger partial charge in [0.25, 0.3) is 0 Å². The van der Waals surface area contributed by atoms with Crippen LogP contribution in [0.4, 0.5) is 8.78 Å². The van der Waals surface area contributed by atoms with E-state index in [9.17, 15) is 36.4 Å². The number of carbonyl (C=O) groups excluding carboxylic acids is 4. The third kappa shape index (κ3) is 4.75. The highest BCUT2D eigenvalue weighted by Crippen LogP contribution is 2.56. The van der Waals surface area contributed by atoms with E-state index in [4.69, 9.17) is 28.2 Å². The zero-order valence-electron chi connectivity index (χ0n) is 21.7. The maximum absolute atomic E-state index is 13.5. The lowest BCUT2D eigenvalue weighted by Gasteiger charge is -2.38.